The number of benzene rings is 1. The van der Waals surface area contributed by atoms with Crippen molar-refractivity contribution < 1.29 is 49.4 Å². The summed E-state index contributed by atoms with van der Waals surface area (Å²) in [6.07, 6.45) is -11.3. The molecule has 0 spiro atoms. The Morgan fingerprint density at radius 1 is 1.04 bits per heavy atom. The molecule has 3 aromatic heterocycles. The van der Waals surface area contributed by atoms with Crippen molar-refractivity contribution in [2.45, 2.75) is 63.8 Å². The molecule has 1 saturated carbocycles. The summed E-state index contributed by atoms with van der Waals surface area (Å²) in [5.41, 5.74) is -1.46. The second-order valence-corrected chi connectivity index (χ2v) is 12.8. The number of carbonyl (C=O) groups is 2. The van der Waals surface area contributed by atoms with E-state index >= 15 is 0 Å². The number of ketones is 1. The number of halogens is 9. The Bertz CT molecular complexity index is 1800. The molecule has 1 aromatic carbocycles. The number of carbonyl (C=O) groups excluding carboxylic acids is 2. The molecule has 8 nitrogen and oxygen atoms in total. The Labute approximate surface area is 282 Å². The lowest BCUT2D eigenvalue weighted by Crippen LogP contribution is -2.27. The average Bonchev–Trinajstić information content (AvgIpc) is 3.65. The van der Waals surface area contributed by atoms with Crippen LogP contribution in [0.5, 0.6) is 5.88 Å². The molecule has 3 heterocycles. The highest BCUT2D eigenvalue weighted by atomic mass is 35.5. The van der Waals surface area contributed by atoms with Gasteiger partial charge in [-0.05, 0) is 73.2 Å². The molecule has 0 unspecified atom stereocenters. The fourth-order valence-corrected chi connectivity index (χ4v) is 6.64. The number of rotatable bonds is 12. The molecule has 0 atom stereocenters. The van der Waals surface area contributed by atoms with Crippen molar-refractivity contribution >= 4 is 57.4 Å². The Morgan fingerprint density at radius 2 is 1.78 bits per heavy atom. The van der Waals surface area contributed by atoms with Crippen LogP contribution in [0.2, 0.25) is 5.02 Å². The predicted molar refractivity (Wildman–Crippen MR) is 166 cm³/mol. The standard InChI is InChI=1S/C31H28ClF8N5O3S/c32-20-9-10-49-25(20)27(47)41-13-16-3-7-19(31(38,39)40)21(11-16)42-29-43-22-12-18(28(44-26(22)45-29)48-14-24(33)34)23(46)8-4-15-1-5-17(6-2-15)30(35,36)37/h3,7,9-12,15,17,24H,1-2,4-6,8,13-14H2,(H,41,47)(H2,42,43,44,45). The maximum Gasteiger partial charge on any atom is 0.418 e. The predicted octanol–water partition coefficient (Wildman–Crippen LogP) is 9.34. The Balaban J connectivity index is 1.35. The van der Waals surface area contributed by atoms with Crippen molar-refractivity contribution in [3.63, 3.8) is 0 Å². The van der Waals surface area contributed by atoms with Crippen molar-refractivity contribution in [3.05, 3.63) is 62.3 Å². The SMILES string of the molecule is O=C(CCC1CCC(C(F)(F)F)CC1)c1cc2[nH]c(Nc3cc(CNC(=O)c4sccc4Cl)ccc3C(F)(F)F)nc2nc1OCC(F)F. The van der Waals surface area contributed by atoms with Gasteiger partial charge in [0, 0.05) is 13.0 Å². The number of hydrogen-bond acceptors (Lipinski definition) is 7. The molecule has 5 rings (SSSR count). The molecule has 1 aliphatic rings. The minimum Gasteiger partial charge on any atom is -0.471 e. The van der Waals surface area contributed by atoms with Crippen LogP contribution < -0.4 is 15.4 Å². The summed E-state index contributed by atoms with van der Waals surface area (Å²) in [6.45, 7) is -1.24. The molecule has 0 radical (unpaired) electrons. The highest BCUT2D eigenvalue weighted by Gasteiger charge is 2.41. The van der Waals surface area contributed by atoms with Crippen LogP contribution in [0.15, 0.2) is 35.7 Å². The van der Waals surface area contributed by atoms with Gasteiger partial charge in [0.15, 0.2) is 18.0 Å². The van der Waals surface area contributed by atoms with Gasteiger partial charge in [-0.25, -0.2) is 8.78 Å². The van der Waals surface area contributed by atoms with Crippen LogP contribution in [0.25, 0.3) is 11.2 Å². The second-order valence-electron chi connectivity index (χ2n) is 11.5. The summed E-state index contributed by atoms with van der Waals surface area (Å²) in [5.74, 6) is -3.27. The van der Waals surface area contributed by atoms with Crippen molar-refractivity contribution in [1.29, 1.82) is 0 Å². The number of nitrogens with one attached hydrogen (secondary N) is 3. The maximum atomic E-state index is 13.9. The fraction of sp³-hybridized carbons (Fsp3) is 0.419. The fourth-order valence-electron chi connectivity index (χ4n) is 5.58. The number of amides is 1. The number of aromatic nitrogens is 3. The smallest absolute Gasteiger partial charge is 0.418 e. The lowest BCUT2D eigenvalue weighted by molar-refractivity contribution is -0.184. The first-order chi connectivity index (χ1) is 23.1. The minimum absolute atomic E-state index is 0.0415. The van der Waals surface area contributed by atoms with Gasteiger partial charge in [-0.3, -0.25) is 9.59 Å². The molecular weight excluding hydrogens is 710 g/mol. The van der Waals surface area contributed by atoms with Crippen LogP contribution in [0.4, 0.5) is 46.8 Å². The first-order valence-corrected chi connectivity index (χ1v) is 16.2. The molecular formula is C31H28ClF8N5O3S. The quantitative estimate of drug-likeness (QED) is 0.0988. The molecule has 0 bridgehead atoms. The number of Topliss-reactive ketones (excluding diaryl/α,β-unsaturated/α-hetero) is 1. The van der Waals surface area contributed by atoms with E-state index in [9.17, 15) is 44.7 Å². The van der Waals surface area contributed by atoms with E-state index in [4.69, 9.17) is 16.3 Å². The monoisotopic (exact) mass is 737 g/mol. The molecule has 1 aliphatic carbocycles. The lowest BCUT2D eigenvalue weighted by Gasteiger charge is -2.29. The molecule has 49 heavy (non-hydrogen) atoms. The molecule has 1 amide bonds. The molecule has 3 N–H and O–H groups in total. The zero-order chi connectivity index (χ0) is 35.5. The molecule has 264 valence electrons. The van der Waals surface area contributed by atoms with Gasteiger partial charge >= 0.3 is 12.4 Å². The van der Waals surface area contributed by atoms with E-state index in [2.05, 4.69) is 25.6 Å². The highest BCUT2D eigenvalue weighted by Crippen LogP contribution is 2.41. The van der Waals surface area contributed by atoms with Gasteiger partial charge in [0.1, 0.15) is 4.88 Å². The van der Waals surface area contributed by atoms with Crippen LogP contribution in [0, 0.1) is 11.8 Å². The van der Waals surface area contributed by atoms with Crippen molar-refractivity contribution in [3.8, 4) is 5.88 Å². The third kappa shape index (κ3) is 9.17. The minimum atomic E-state index is -4.79. The van der Waals surface area contributed by atoms with E-state index in [-0.39, 0.29) is 83.6 Å². The number of H-pyrrole nitrogens is 1. The number of hydrogen-bond donors (Lipinski definition) is 3. The van der Waals surface area contributed by atoms with Crippen molar-refractivity contribution in [1.82, 2.24) is 20.3 Å². The Hall–Kier alpha value is -3.99. The number of fused-ring (bicyclic) bond motifs is 1. The van der Waals surface area contributed by atoms with E-state index in [1.807, 2.05) is 0 Å². The molecule has 0 aliphatic heterocycles. The van der Waals surface area contributed by atoms with E-state index in [1.54, 1.807) is 5.38 Å². The first kappa shape index (κ1) is 36.3. The largest absolute Gasteiger partial charge is 0.471 e. The Morgan fingerprint density at radius 3 is 2.41 bits per heavy atom. The zero-order valence-electron chi connectivity index (χ0n) is 25.3. The van der Waals surface area contributed by atoms with Gasteiger partial charge in [0.25, 0.3) is 12.3 Å². The number of ether oxygens (including phenoxy) is 1. The maximum absolute atomic E-state index is 13.9. The Kier molecular flexibility index (Phi) is 11.0. The van der Waals surface area contributed by atoms with Gasteiger partial charge in [0.2, 0.25) is 11.8 Å². The van der Waals surface area contributed by atoms with Gasteiger partial charge in [-0.1, -0.05) is 17.7 Å². The highest BCUT2D eigenvalue weighted by molar-refractivity contribution is 7.12. The number of aromatic amines is 1. The van der Waals surface area contributed by atoms with Gasteiger partial charge in [-0.2, -0.15) is 36.3 Å². The number of anilines is 2. The number of pyridine rings is 1. The summed E-state index contributed by atoms with van der Waals surface area (Å²) < 4.78 is 112. The lowest BCUT2D eigenvalue weighted by atomic mass is 9.79. The molecule has 0 saturated heterocycles. The van der Waals surface area contributed by atoms with Gasteiger partial charge in [-0.15, -0.1) is 11.3 Å². The summed E-state index contributed by atoms with van der Waals surface area (Å²) in [5, 5.41) is 6.99. The van der Waals surface area contributed by atoms with Crippen molar-refractivity contribution in [2.24, 2.45) is 11.8 Å². The summed E-state index contributed by atoms with van der Waals surface area (Å²) in [6, 6.07) is 5.94. The van der Waals surface area contributed by atoms with E-state index < -0.39 is 60.1 Å². The number of thiophene rings is 1. The summed E-state index contributed by atoms with van der Waals surface area (Å²) in [4.78, 5) is 36.8. The second kappa shape index (κ2) is 14.9. The van der Waals surface area contributed by atoms with Crippen LogP contribution in [-0.2, 0) is 12.7 Å². The topological polar surface area (TPSA) is 109 Å². The van der Waals surface area contributed by atoms with E-state index in [1.165, 1.54) is 18.2 Å². The third-order valence-electron chi connectivity index (χ3n) is 8.09. The normalized spacial score (nSPS) is 17.0. The molecule has 4 aromatic rings. The summed E-state index contributed by atoms with van der Waals surface area (Å²) >= 11 is 7.08. The van der Waals surface area contributed by atoms with Crippen LogP contribution in [0.3, 0.4) is 0 Å². The van der Waals surface area contributed by atoms with Gasteiger partial charge < -0.3 is 20.4 Å². The molecule has 18 heteroatoms. The molecule has 1 fully saturated rings. The van der Waals surface area contributed by atoms with E-state index in [0.717, 1.165) is 23.5 Å². The van der Waals surface area contributed by atoms with Gasteiger partial charge in [0.05, 0.1) is 33.3 Å². The number of nitrogens with zero attached hydrogens (tertiary/aromatic N) is 2. The average molecular weight is 738 g/mol. The van der Waals surface area contributed by atoms with Crippen LogP contribution in [0.1, 0.15) is 69.7 Å². The van der Waals surface area contributed by atoms with Crippen LogP contribution in [-0.4, -0.2) is 45.9 Å². The van der Waals surface area contributed by atoms with Crippen molar-refractivity contribution in [2.75, 3.05) is 11.9 Å². The third-order valence-corrected chi connectivity index (χ3v) is 9.43. The van der Waals surface area contributed by atoms with E-state index in [0.29, 0.717) is 5.56 Å². The summed E-state index contributed by atoms with van der Waals surface area (Å²) in [7, 11) is 0. The zero-order valence-corrected chi connectivity index (χ0v) is 26.9. The number of imidazole rings is 1. The first-order valence-electron chi connectivity index (χ1n) is 15.0. The van der Waals surface area contributed by atoms with Crippen LogP contribution >= 0.6 is 22.9 Å². The number of alkyl halides is 8.